The van der Waals surface area contributed by atoms with Gasteiger partial charge in [-0.2, -0.15) is 0 Å². The second-order valence-electron chi connectivity index (χ2n) is 7.41. The van der Waals surface area contributed by atoms with Crippen molar-refractivity contribution in [2.45, 2.75) is 39.0 Å². The molecule has 0 spiro atoms. The first-order valence-corrected chi connectivity index (χ1v) is 9.30. The van der Waals surface area contributed by atoms with Crippen molar-refractivity contribution in [1.29, 1.82) is 0 Å². The molecule has 1 aromatic heterocycles. The van der Waals surface area contributed by atoms with Crippen molar-refractivity contribution >= 4 is 22.8 Å². The molecule has 8 heteroatoms. The normalized spacial score (nSPS) is 13.4. The minimum Gasteiger partial charge on any atom is -0.503 e. The molecule has 0 saturated heterocycles. The maximum atomic E-state index is 15.0. The van der Waals surface area contributed by atoms with Gasteiger partial charge in [0.05, 0.1) is 10.9 Å². The number of rotatable bonds is 5. The van der Waals surface area contributed by atoms with Crippen LogP contribution in [-0.2, 0) is 10.2 Å². The molecule has 0 saturated carbocycles. The minimum atomic E-state index is -1.62. The van der Waals surface area contributed by atoms with E-state index >= 15 is 4.39 Å². The summed E-state index contributed by atoms with van der Waals surface area (Å²) in [6.07, 6.45) is 0.537. The summed E-state index contributed by atoms with van der Waals surface area (Å²) in [4.78, 5) is 25.3. The van der Waals surface area contributed by atoms with E-state index in [1.807, 2.05) is 0 Å². The number of nitrogens with zero attached hydrogens (tertiary/aromatic N) is 1. The van der Waals surface area contributed by atoms with Gasteiger partial charge in [0.25, 0.3) is 5.91 Å². The average Bonchev–Trinajstić information content (AvgIpc) is 2.98. The van der Waals surface area contributed by atoms with E-state index in [0.29, 0.717) is 6.42 Å². The van der Waals surface area contributed by atoms with Crippen molar-refractivity contribution < 1.29 is 33.0 Å². The molecule has 0 bridgehead atoms. The highest BCUT2D eigenvalue weighted by atomic mass is 19.1. The Labute approximate surface area is 170 Å². The number of phenolic OH excluding ortho intramolecular Hbond substituents is 1. The number of aromatic hydroxyl groups is 1. The lowest BCUT2D eigenvalue weighted by Crippen LogP contribution is -2.33. The second kappa shape index (κ2) is 7.51. The van der Waals surface area contributed by atoms with Crippen LogP contribution in [0.5, 0.6) is 5.75 Å². The lowest BCUT2D eigenvalue weighted by atomic mass is 9.77. The first kappa shape index (κ1) is 21.4. The Kier molecular flexibility index (Phi) is 5.36. The van der Waals surface area contributed by atoms with Crippen LogP contribution >= 0.6 is 0 Å². The number of aromatic nitrogens is 1. The number of fused-ring (bicyclic) bond motifs is 1. The molecule has 2 N–H and O–H groups in total. The Balaban J connectivity index is 2.47. The Morgan fingerprint density at radius 1 is 1.17 bits per heavy atom. The van der Waals surface area contributed by atoms with Gasteiger partial charge in [0.1, 0.15) is 5.82 Å². The molecule has 0 amide bonds. The van der Waals surface area contributed by atoms with Gasteiger partial charge >= 0.3 is 5.97 Å². The first-order valence-electron chi connectivity index (χ1n) is 9.30. The molecule has 0 aliphatic heterocycles. The molecule has 0 fully saturated rings. The van der Waals surface area contributed by atoms with Crippen molar-refractivity contribution in [2.75, 3.05) is 0 Å². The SMILES string of the molecule is CCC[C@@](C)(C(=O)O)c1c(C)n(C(=O)c2cccc(F)c2)c2cc(F)c(O)c(F)c12. The van der Waals surface area contributed by atoms with E-state index in [9.17, 15) is 28.6 Å². The summed E-state index contributed by atoms with van der Waals surface area (Å²) in [5.74, 6) is -6.62. The van der Waals surface area contributed by atoms with Crippen molar-refractivity contribution in [2.24, 2.45) is 0 Å². The lowest BCUT2D eigenvalue weighted by Gasteiger charge is -2.25. The molecule has 2 aromatic carbocycles. The highest BCUT2D eigenvalue weighted by Crippen LogP contribution is 2.43. The predicted octanol–water partition coefficient (Wildman–Crippen LogP) is 4.90. The summed E-state index contributed by atoms with van der Waals surface area (Å²) >= 11 is 0. The average molecular weight is 419 g/mol. The van der Waals surface area contributed by atoms with Gasteiger partial charge in [-0.25, -0.2) is 13.2 Å². The van der Waals surface area contributed by atoms with Crippen LogP contribution in [0, 0.1) is 24.4 Å². The topological polar surface area (TPSA) is 79.5 Å². The van der Waals surface area contributed by atoms with Crippen LogP contribution < -0.4 is 0 Å². The van der Waals surface area contributed by atoms with Crippen LogP contribution in [0.4, 0.5) is 13.2 Å². The third-order valence-electron chi connectivity index (χ3n) is 5.41. The highest BCUT2D eigenvalue weighted by molar-refractivity contribution is 6.06. The van der Waals surface area contributed by atoms with E-state index in [4.69, 9.17) is 0 Å². The number of carboxylic acid groups (broad SMARTS) is 1. The Morgan fingerprint density at radius 2 is 1.83 bits per heavy atom. The van der Waals surface area contributed by atoms with Crippen LogP contribution in [-0.4, -0.2) is 26.7 Å². The molecular weight excluding hydrogens is 399 g/mol. The summed E-state index contributed by atoms with van der Waals surface area (Å²) in [5.41, 5.74) is -1.91. The van der Waals surface area contributed by atoms with Crippen LogP contribution in [0.25, 0.3) is 10.9 Å². The maximum absolute atomic E-state index is 15.0. The van der Waals surface area contributed by atoms with Crippen molar-refractivity contribution in [3.05, 3.63) is 64.6 Å². The fourth-order valence-corrected chi connectivity index (χ4v) is 4.01. The Morgan fingerprint density at radius 3 is 2.40 bits per heavy atom. The summed E-state index contributed by atoms with van der Waals surface area (Å²) in [7, 11) is 0. The van der Waals surface area contributed by atoms with Gasteiger partial charge in [-0.15, -0.1) is 0 Å². The van der Waals surface area contributed by atoms with Gasteiger partial charge in [-0.3, -0.25) is 14.2 Å². The van der Waals surface area contributed by atoms with Gasteiger partial charge in [-0.05, 0) is 38.5 Å². The molecule has 0 aliphatic carbocycles. The quantitative estimate of drug-likeness (QED) is 0.616. The van der Waals surface area contributed by atoms with E-state index in [2.05, 4.69) is 0 Å². The van der Waals surface area contributed by atoms with Crippen LogP contribution in [0.2, 0.25) is 0 Å². The first-order chi connectivity index (χ1) is 14.0. The molecule has 0 radical (unpaired) electrons. The van der Waals surface area contributed by atoms with Crippen molar-refractivity contribution in [3.8, 4) is 5.75 Å². The molecule has 30 heavy (non-hydrogen) atoms. The maximum Gasteiger partial charge on any atom is 0.313 e. The number of benzene rings is 2. The second-order valence-corrected chi connectivity index (χ2v) is 7.41. The molecule has 0 aliphatic rings. The number of aliphatic carboxylic acids is 1. The number of carboxylic acids is 1. The van der Waals surface area contributed by atoms with Gasteiger partial charge in [0.15, 0.2) is 17.4 Å². The van der Waals surface area contributed by atoms with Crippen molar-refractivity contribution in [1.82, 2.24) is 4.57 Å². The van der Waals surface area contributed by atoms with Crippen LogP contribution in [0.1, 0.15) is 48.3 Å². The van der Waals surface area contributed by atoms with Crippen molar-refractivity contribution in [3.63, 3.8) is 0 Å². The summed E-state index contributed by atoms with van der Waals surface area (Å²) in [5, 5.41) is 19.4. The number of carbonyl (C=O) groups is 2. The third kappa shape index (κ3) is 3.12. The Bertz CT molecular complexity index is 1190. The molecule has 158 valence electrons. The third-order valence-corrected chi connectivity index (χ3v) is 5.41. The van der Waals surface area contributed by atoms with E-state index in [1.54, 1.807) is 6.92 Å². The molecule has 3 rings (SSSR count). The van der Waals surface area contributed by atoms with Gasteiger partial charge in [-0.1, -0.05) is 19.4 Å². The zero-order chi connectivity index (χ0) is 22.4. The van der Waals surface area contributed by atoms with E-state index < -0.39 is 40.5 Å². The number of halogens is 3. The number of hydrogen-bond donors (Lipinski definition) is 2. The number of phenols is 1. The molecule has 1 atom stereocenters. The molecule has 1 heterocycles. The number of hydrogen-bond acceptors (Lipinski definition) is 3. The Hall–Kier alpha value is -3.29. The fourth-order valence-electron chi connectivity index (χ4n) is 4.01. The van der Waals surface area contributed by atoms with E-state index in [0.717, 1.165) is 22.8 Å². The van der Waals surface area contributed by atoms with Gasteiger partial charge < -0.3 is 10.2 Å². The molecular formula is C22H20F3NO4. The summed E-state index contributed by atoms with van der Waals surface area (Å²) in [6.45, 7) is 4.55. The smallest absolute Gasteiger partial charge is 0.313 e. The van der Waals surface area contributed by atoms with E-state index in [1.165, 1.54) is 26.0 Å². The zero-order valence-electron chi connectivity index (χ0n) is 16.6. The predicted molar refractivity (Wildman–Crippen MR) is 104 cm³/mol. The standard InChI is InChI=1S/C22H20F3NO4/c1-4-8-22(3,21(29)30)17-11(2)26(20(28)12-6-5-7-13(23)9-12)15-10-14(24)19(27)18(25)16(15)17/h5-7,9-10,27H,4,8H2,1-3H3,(H,29,30)/t22-/m1/s1. The molecule has 0 unspecified atom stereocenters. The van der Waals surface area contributed by atoms with Crippen LogP contribution in [0.3, 0.4) is 0 Å². The number of carbonyl (C=O) groups excluding carboxylic acids is 1. The zero-order valence-corrected chi connectivity index (χ0v) is 16.6. The van der Waals surface area contributed by atoms with Gasteiger partial charge in [0.2, 0.25) is 0 Å². The molecule has 3 aromatic rings. The van der Waals surface area contributed by atoms with Gasteiger partial charge in [0, 0.05) is 28.3 Å². The largest absolute Gasteiger partial charge is 0.503 e. The fraction of sp³-hybridized carbons (Fsp3) is 0.273. The minimum absolute atomic E-state index is 0.0376. The summed E-state index contributed by atoms with van der Waals surface area (Å²) in [6, 6.07) is 5.54. The monoisotopic (exact) mass is 419 g/mol. The van der Waals surface area contributed by atoms with E-state index in [-0.39, 0.29) is 34.1 Å². The van der Waals surface area contributed by atoms with Crippen LogP contribution in [0.15, 0.2) is 30.3 Å². The highest BCUT2D eigenvalue weighted by Gasteiger charge is 2.41. The lowest BCUT2D eigenvalue weighted by molar-refractivity contribution is -0.143. The molecule has 5 nitrogen and oxygen atoms in total. The summed E-state index contributed by atoms with van der Waals surface area (Å²) < 4.78 is 43.8.